The standard InChI is InChI=1S/C5H6N6O/c6-2-1-3(10-4(7)8-1)11-5(12)9-2/h(H6,6,7,8,9,10,11,12). The lowest BCUT2D eigenvalue weighted by Gasteiger charge is -1.90. The van der Waals surface area contributed by atoms with E-state index in [2.05, 4.69) is 19.9 Å². The summed E-state index contributed by atoms with van der Waals surface area (Å²) in [6, 6.07) is 0. The van der Waals surface area contributed by atoms with Crippen LogP contribution in [0.25, 0.3) is 11.2 Å². The lowest BCUT2D eigenvalue weighted by Crippen LogP contribution is -2.12. The number of anilines is 2. The van der Waals surface area contributed by atoms with E-state index >= 15 is 0 Å². The van der Waals surface area contributed by atoms with E-state index in [1.165, 1.54) is 0 Å². The molecule has 2 heterocycles. The molecule has 62 valence electrons. The zero-order valence-corrected chi connectivity index (χ0v) is 5.96. The van der Waals surface area contributed by atoms with E-state index in [4.69, 9.17) is 11.5 Å². The lowest BCUT2D eigenvalue weighted by atomic mass is 10.5. The first-order valence-corrected chi connectivity index (χ1v) is 3.18. The molecule has 0 bridgehead atoms. The molecule has 0 aliphatic rings. The molecule has 12 heavy (non-hydrogen) atoms. The van der Waals surface area contributed by atoms with Crippen molar-refractivity contribution in [2.75, 3.05) is 11.5 Å². The predicted octanol–water partition coefficient (Wildman–Crippen LogP) is -1.19. The number of aromatic nitrogens is 4. The maximum Gasteiger partial charge on any atom is 0.348 e. The Labute approximate surface area is 65.8 Å². The molecular formula is C5H6N6O. The van der Waals surface area contributed by atoms with Crippen molar-refractivity contribution in [2.45, 2.75) is 0 Å². The molecule has 0 radical (unpaired) electrons. The third-order valence-corrected chi connectivity index (χ3v) is 1.42. The maximum absolute atomic E-state index is 10.8. The fourth-order valence-electron chi connectivity index (χ4n) is 0.952. The largest absolute Gasteiger partial charge is 0.383 e. The predicted molar refractivity (Wildman–Crippen MR) is 43.3 cm³/mol. The van der Waals surface area contributed by atoms with Gasteiger partial charge in [-0.3, -0.25) is 4.98 Å². The van der Waals surface area contributed by atoms with Crippen LogP contribution >= 0.6 is 0 Å². The minimum atomic E-state index is -0.536. The topological polar surface area (TPSA) is 126 Å². The molecule has 0 aliphatic carbocycles. The molecule has 0 unspecified atom stereocenters. The Bertz CT molecular complexity index is 482. The number of nitrogen functional groups attached to an aromatic ring is 2. The summed E-state index contributed by atoms with van der Waals surface area (Å²) in [5.74, 6) is 0.373. The molecule has 0 saturated carbocycles. The molecule has 2 aromatic rings. The second-order valence-electron chi connectivity index (χ2n) is 2.28. The van der Waals surface area contributed by atoms with Gasteiger partial charge in [0.1, 0.15) is 11.3 Å². The number of imidazole rings is 1. The van der Waals surface area contributed by atoms with Crippen molar-refractivity contribution in [3.63, 3.8) is 0 Å². The van der Waals surface area contributed by atoms with Gasteiger partial charge in [0.2, 0.25) is 0 Å². The van der Waals surface area contributed by atoms with Gasteiger partial charge < -0.3 is 16.5 Å². The van der Waals surface area contributed by atoms with Crippen LogP contribution in [-0.4, -0.2) is 19.9 Å². The Morgan fingerprint density at radius 2 is 1.92 bits per heavy atom. The van der Waals surface area contributed by atoms with Gasteiger partial charge in [0.25, 0.3) is 0 Å². The number of nitrogens with two attached hydrogens (primary N) is 2. The summed E-state index contributed by atoms with van der Waals surface area (Å²) in [5, 5.41) is 0. The van der Waals surface area contributed by atoms with Gasteiger partial charge >= 0.3 is 5.69 Å². The van der Waals surface area contributed by atoms with Crippen molar-refractivity contribution in [1.29, 1.82) is 0 Å². The summed E-state index contributed by atoms with van der Waals surface area (Å²) in [6.45, 7) is 0. The first-order chi connectivity index (χ1) is 5.66. The zero-order valence-electron chi connectivity index (χ0n) is 5.96. The fourth-order valence-corrected chi connectivity index (χ4v) is 0.952. The van der Waals surface area contributed by atoms with Gasteiger partial charge in [0.15, 0.2) is 11.6 Å². The lowest BCUT2D eigenvalue weighted by molar-refractivity contribution is 1.11. The molecule has 7 heteroatoms. The van der Waals surface area contributed by atoms with Crippen molar-refractivity contribution < 1.29 is 0 Å². The molecule has 0 fully saturated rings. The number of rotatable bonds is 0. The van der Waals surface area contributed by atoms with E-state index in [1.807, 2.05) is 0 Å². The molecule has 0 amide bonds. The second-order valence-corrected chi connectivity index (χ2v) is 2.28. The van der Waals surface area contributed by atoms with Crippen LogP contribution < -0.4 is 17.2 Å². The van der Waals surface area contributed by atoms with Gasteiger partial charge in [0.05, 0.1) is 0 Å². The fraction of sp³-hybridized carbons (Fsp3) is 0. The Morgan fingerprint density at radius 3 is 2.67 bits per heavy atom. The molecular weight excluding hydrogens is 160 g/mol. The highest BCUT2D eigenvalue weighted by molar-refractivity contribution is 5.82. The van der Waals surface area contributed by atoms with Crippen molar-refractivity contribution in [3.8, 4) is 0 Å². The summed E-state index contributed by atoms with van der Waals surface area (Å²) in [5.41, 5.74) is 10.9. The number of nitrogens with zero attached hydrogens (tertiary/aromatic N) is 2. The molecule has 7 nitrogen and oxygen atoms in total. The van der Waals surface area contributed by atoms with Gasteiger partial charge in [-0.25, -0.2) is 4.79 Å². The highest BCUT2D eigenvalue weighted by Crippen LogP contribution is 2.11. The van der Waals surface area contributed by atoms with Crippen molar-refractivity contribution in [2.24, 2.45) is 0 Å². The Kier molecular flexibility index (Phi) is 1.09. The first kappa shape index (κ1) is 6.65. The van der Waals surface area contributed by atoms with Gasteiger partial charge in [-0.2, -0.15) is 9.97 Å². The van der Waals surface area contributed by atoms with E-state index < -0.39 is 5.69 Å². The Morgan fingerprint density at radius 1 is 1.17 bits per heavy atom. The molecule has 0 spiro atoms. The zero-order chi connectivity index (χ0) is 8.72. The van der Waals surface area contributed by atoms with Gasteiger partial charge in [-0.1, -0.05) is 0 Å². The van der Waals surface area contributed by atoms with Crippen LogP contribution in [0.4, 0.5) is 11.8 Å². The van der Waals surface area contributed by atoms with Crippen molar-refractivity contribution in [1.82, 2.24) is 19.9 Å². The summed E-state index contributed by atoms with van der Waals surface area (Å²) >= 11 is 0. The molecule has 0 saturated heterocycles. The average Bonchev–Trinajstić information content (AvgIpc) is 2.29. The average molecular weight is 166 g/mol. The van der Waals surface area contributed by atoms with E-state index in [9.17, 15) is 4.79 Å². The van der Waals surface area contributed by atoms with Gasteiger partial charge in [-0.05, 0) is 0 Å². The van der Waals surface area contributed by atoms with E-state index in [1.54, 1.807) is 0 Å². The van der Waals surface area contributed by atoms with E-state index in [0.29, 0.717) is 5.52 Å². The summed E-state index contributed by atoms with van der Waals surface area (Å²) in [7, 11) is 0. The first-order valence-electron chi connectivity index (χ1n) is 3.18. The number of aromatic amines is 2. The molecule has 6 N–H and O–H groups in total. The van der Waals surface area contributed by atoms with Gasteiger partial charge in [-0.15, -0.1) is 0 Å². The highest BCUT2D eigenvalue weighted by Gasteiger charge is 2.05. The summed E-state index contributed by atoms with van der Waals surface area (Å²) < 4.78 is 0. The number of H-pyrrole nitrogens is 2. The highest BCUT2D eigenvalue weighted by atomic mass is 16.1. The number of fused-ring (bicyclic) bond motifs is 1. The minimum absolute atomic E-state index is 0.184. The van der Waals surface area contributed by atoms with Crippen molar-refractivity contribution in [3.05, 3.63) is 10.5 Å². The smallest absolute Gasteiger partial charge is 0.348 e. The maximum atomic E-state index is 10.8. The van der Waals surface area contributed by atoms with Crippen LogP contribution in [0, 0.1) is 0 Å². The van der Waals surface area contributed by atoms with Crippen LogP contribution in [0.5, 0.6) is 0 Å². The number of nitrogens with one attached hydrogen (secondary N) is 2. The van der Waals surface area contributed by atoms with Crippen molar-refractivity contribution >= 4 is 22.9 Å². The number of hydrogen-bond donors (Lipinski definition) is 4. The summed E-state index contributed by atoms with van der Waals surface area (Å²) in [6.07, 6.45) is 0. The Balaban J connectivity index is 2.97. The Hall–Kier alpha value is -2.05. The molecule has 0 aromatic carbocycles. The third kappa shape index (κ3) is 0.797. The minimum Gasteiger partial charge on any atom is -0.383 e. The molecule has 2 rings (SSSR count). The van der Waals surface area contributed by atoms with Crippen LogP contribution in [0.15, 0.2) is 4.79 Å². The SMILES string of the molecule is Nc1nc2nc(=O)[nH]c(N)c2[nH]1. The van der Waals surface area contributed by atoms with Crippen LogP contribution in [-0.2, 0) is 0 Å². The van der Waals surface area contributed by atoms with E-state index in [-0.39, 0.29) is 17.4 Å². The molecule has 2 aromatic heterocycles. The monoisotopic (exact) mass is 166 g/mol. The molecule has 0 aliphatic heterocycles. The molecule has 0 atom stereocenters. The summed E-state index contributed by atoms with van der Waals surface area (Å²) in [4.78, 5) is 23.0. The second kappa shape index (κ2) is 1.97. The van der Waals surface area contributed by atoms with Crippen LogP contribution in [0.2, 0.25) is 0 Å². The third-order valence-electron chi connectivity index (χ3n) is 1.42. The normalized spacial score (nSPS) is 10.7. The van der Waals surface area contributed by atoms with Crippen LogP contribution in [0.1, 0.15) is 0 Å². The quantitative estimate of drug-likeness (QED) is 0.391. The van der Waals surface area contributed by atoms with Crippen LogP contribution in [0.3, 0.4) is 0 Å². The van der Waals surface area contributed by atoms with E-state index in [0.717, 1.165) is 0 Å². The number of hydrogen-bond acceptors (Lipinski definition) is 5. The van der Waals surface area contributed by atoms with Gasteiger partial charge in [0, 0.05) is 0 Å².